The third-order valence-electron chi connectivity index (χ3n) is 2.84. The molecule has 0 aliphatic rings. The van der Waals surface area contributed by atoms with Gasteiger partial charge in [0.25, 0.3) is 11.6 Å². The molecule has 0 bridgehead atoms. The van der Waals surface area contributed by atoms with Crippen LogP contribution < -0.4 is 0 Å². The van der Waals surface area contributed by atoms with Crippen molar-refractivity contribution in [3.8, 4) is 0 Å². The second-order valence-corrected chi connectivity index (χ2v) is 4.88. The van der Waals surface area contributed by atoms with Crippen LogP contribution in [0.5, 0.6) is 0 Å². The molecule has 0 heterocycles. The molecule has 1 aromatic rings. The number of benzene rings is 1. The van der Waals surface area contributed by atoms with Crippen molar-refractivity contribution in [3.63, 3.8) is 0 Å². The number of nitro groups is 1. The Hall–Kier alpha value is -1.62. The van der Waals surface area contributed by atoms with Gasteiger partial charge in [-0.3, -0.25) is 14.9 Å². The number of amides is 1. The molecule has 0 aliphatic carbocycles. The number of carbonyl (C=O) groups excluding carboxylic acids is 1. The zero-order valence-electron chi connectivity index (χ0n) is 10.5. The van der Waals surface area contributed by atoms with Crippen LogP contribution in [0.4, 0.5) is 5.69 Å². The van der Waals surface area contributed by atoms with E-state index in [0.717, 1.165) is 0 Å². The predicted molar refractivity (Wildman–Crippen MR) is 70.0 cm³/mol. The highest BCUT2D eigenvalue weighted by Gasteiger charge is 2.27. The molecule has 6 heteroatoms. The predicted octanol–water partition coefficient (Wildman–Crippen LogP) is 2.68. The van der Waals surface area contributed by atoms with E-state index < -0.39 is 10.5 Å². The van der Waals surface area contributed by atoms with Crippen LogP contribution in [-0.2, 0) is 0 Å². The lowest BCUT2D eigenvalue weighted by atomic mass is 10.0. The van der Waals surface area contributed by atoms with E-state index in [-0.39, 0.29) is 23.0 Å². The maximum absolute atomic E-state index is 12.2. The number of alkyl halides is 1. The van der Waals surface area contributed by atoms with Gasteiger partial charge in [0.1, 0.15) is 0 Å². The Balaban J connectivity index is 3.04. The normalized spacial score (nSPS) is 11.1. The van der Waals surface area contributed by atoms with Crippen molar-refractivity contribution in [3.05, 3.63) is 39.9 Å². The molecule has 0 spiro atoms. The van der Waals surface area contributed by atoms with E-state index >= 15 is 0 Å². The maximum atomic E-state index is 12.2. The number of hydrogen-bond acceptors (Lipinski definition) is 3. The molecule has 0 saturated carbocycles. The van der Waals surface area contributed by atoms with E-state index in [2.05, 4.69) is 0 Å². The molecule has 1 rings (SSSR count). The third kappa shape index (κ3) is 2.98. The molecule has 1 aromatic carbocycles. The van der Waals surface area contributed by atoms with Gasteiger partial charge in [0.05, 0.1) is 10.5 Å². The van der Waals surface area contributed by atoms with Crippen LogP contribution in [0.2, 0.25) is 0 Å². The molecule has 1 amide bonds. The lowest BCUT2D eigenvalue weighted by Crippen LogP contribution is -2.46. The molecule has 0 radical (unpaired) electrons. The molecule has 0 unspecified atom stereocenters. The van der Waals surface area contributed by atoms with Crippen LogP contribution in [0.3, 0.4) is 0 Å². The summed E-state index contributed by atoms with van der Waals surface area (Å²) in [6.45, 7) is 3.66. The summed E-state index contributed by atoms with van der Waals surface area (Å²) in [6, 6.07) is 5.66. The highest BCUT2D eigenvalue weighted by molar-refractivity contribution is 6.18. The molecule has 18 heavy (non-hydrogen) atoms. The fraction of sp³-hybridized carbons (Fsp3) is 0.417. The zero-order chi connectivity index (χ0) is 13.9. The van der Waals surface area contributed by atoms with Crippen molar-refractivity contribution in [1.82, 2.24) is 4.90 Å². The van der Waals surface area contributed by atoms with Gasteiger partial charge in [-0.15, -0.1) is 11.6 Å². The Morgan fingerprint density at radius 1 is 1.50 bits per heavy atom. The largest absolute Gasteiger partial charge is 0.335 e. The molecular formula is C12H15ClN2O3. The average Bonchev–Trinajstić information content (AvgIpc) is 2.37. The maximum Gasteiger partial charge on any atom is 0.270 e. The van der Waals surface area contributed by atoms with Crippen molar-refractivity contribution in [2.45, 2.75) is 19.4 Å². The standard InChI is InChI=1S/C12H15ClN2O3/c1-12(2,8-13)14(3)11(16)9-5-4-6-10(7-9)15(17)18/h4-7H,8H2,1-3H3. The number of hydrogen-bond donors (Lipinski definition) is 0. The number of nitrogens with zero attached hydrogens (tertiary/aromatic N) is 2. The monoisotopic (exact) mass is 270 g/mol. The van der Waals surface area contributed by atoms with Gasteiger partial charge in [-0.05, 0) is 19.9 Å². The summed E-state index contributed by atoms with van der Waals surface area (Å²) >= 11 is 5.80. The molecule has 98 valence electrons. The van der Waals surface area contributed by atoms with E-state index in [9.17, 15) is 14.9 Å². The fourth-order valence-corrected chi connectivity index (χ4v) is 1.49. The highest BCUT2D eigenvalue weighted by Crippen LogP contribution is 2.20. The summed E-state index contributed by atoms with van der Waals surface area (Å²) < 4.78 is 0. The number of carbonyl (C=O) groups is 1. The van der Waals surface area contributed by atoms with Crippen LogP contribution in [-0.4, -0.2) is 34.2 Å². The van der Waals surface area contributed by atoms with Crippen molar-refractivity contribution in [2.24, 2.45) is 0 Å². The van der Waals surface area contributed by atoms with Gasteiger partial charge in [-0.2, -0.15) is 0 Å². The topological polar surface area (TPSA) is 63.5 Å². The second kappa shape index (κ2) is 5.35. The molecule has 0 aromatic heterocycles. The summed E-state index contributed by atoms with van der Waals surface area (Å²) in [4.78, 5) is 23.8. The van der Waals surface area contributed by atoms with Crippen molar-refractivity contribution in [2.75, 3.05) is 12.9 Å². The quantitative estimate of drug-likeness (QED) is 0.480. The molecular weight excluding hydrogens is 256 g/mol. The highest BCUT2D eigenvalue weighted by atomic mass is 35.5. The molecule has 0 aliphatic heterocycles. The second-order valence-electron chi connectivity index (χ2n) is 4.62. The third-order valence-corrected chi connectivity index (χ3v) is 3.50. The summed E-state index contributed by atoms with van der Waals surface area (Å²) in [5, 5.41) is 10.7. The number of nitro benzene ring substituents is 1. The lowest BCUT2D eigenvalue weighted by molar-refractivity contribution is -0.384. The first kappa shape index (κ1) is 14.4. The Bertz CT molecular complexity index is 474. The molecule has 0 atom stereocenters. The van der Waals surface area contributed by atoms with Crippen LogP contribution in [0.1, 0.15) is 24.2 Å². The van der Waals surface area contributed by atoms with Gasteiger partial charge in [0, 0.05) is 30.6 Å². The summed E-state index contributed by atoms with van der Waals surface area (Å²) in [7, 11) is 1.63. The molecule has 5 nitrogen and oxygen atoms in total. The first-order valence-electron chi connectivity index (χ1n) is 5.38. The first-order valence-corrected chi connectivity index (χ1v) is 5.91. The minimum Gasteiger partial charge on any atom is -0.335 e. The van der Waals surface area contributed by atoms with E-state index in [1.807, 2.05) is 13.8 Å². The van der Waals surface area contributed by atoms with Gasteiger partial charge in [-0.25, -0.2) is 0 Å². The fourth-order valence-electron chi connectivity index (χ4n) is 1.31. The van der Waals surface area contributed by atoms with Gasteiger partial charge < -0.3 is 4.90 Å². The van der Waals surface area contributed by atoms with Crippen molar-refractivity contribution < 1.29 is 9.72 Å². The average molecular weight is 271 g/mol. The van der Waals surface area contributed by atoms with Gasteiger partial charge >= 0.3 is 0 Å². The number of halogens is 1. The molecule has 0 saturated heterocycles. The van der Waals surface area contributed by atoms with Crippen LogP contribution in [0.15, 0.2) is 24.3 Å². The SMILES string of the molecule is CN(C(=O)c1cccc([N+](=O)[O-])c1)C(C)(C)CCl. The smallest absolute Gasteiger partial charge is 0.270 e. The van der Waals surface area contributed by atoms with Crippen LogP contribution in [0, 0.1) is 10.1 Å². The van der Waals surface area contributed by atoms with E-state index in [0.29, 0.717) is 0 Å². The lowest BCUT2D eigenvalue weighted by Gasteiger charge is -2.33. The minimum absolute atomic E-state index is 0.0991. The Morgan fingerprint density at radius 2 is 2.11 bits per heavy atom. The van der Waals surface area contributed by atoms with Gasteiger partial charge in [0.2, 0.25) is 0 Å². The van der Waals surface area contributed by atoms with Crippen LogP contribution in [0.25, 0.3) is 0 Å². The van der Waals surface area contributed by atoms with Crippen molar-refractivity contribution in [1.29, 1.82) is 0 Å². The van der Waals surface area contributed by atoms with Gasteiger partial charge in [0.15, 0.2) is 0 Å². The molecule has 0 fully saturated rings. The molecule has 0 N–H and O–H groups in total. The Morgan fingerprint density at radius 3 is 2.61 bits per heavy atom. The summed E-state index contributed by atoms with van der Waals surface area (Å²) in [5.74, 6) is -0.00573. The number of non-ortho nitro benzene ring substituents is 1. The van der Waals surface area contributed by atoms with Crippen LogP contribution >= 0.6 is 11.6 Å². The Kier molecular flexibility index (Phi) is 4.29. The van der Waals surface area contributed by atoms with Crippen molar-refractivity contribution >= 4 is 23.2 Å². The summed E-state index contributed by atoms with van der Waals surface area (Å²) in [5.41, 5.74) is -0.327. The summed E-state index contributed by atoms with van der Waals surface area (Å²) in [6.07, 6.45) is 0. The zero-order valence-corrected chi connectivity index (χ0v) is 11.3. The van der Waals surface area contributed by atoms with E-state index in [4.69, 9.17) is 11.6 Å². The first-order chi connectivity index (χ1) is 8.29. The van der Waals surface area contributed by atoms with Gasteiger partial charge in [-0.1, -0.05) is 6.07 Å². The van der Waals surface area contributed by atoms with E-state index in [1.165, 1.54) is 23.1 Å². The Labute approximate surface area is 110 Å². The van der Waals surface area contributed by atoms with E-state index in [1.54, 1.807) is 13.1 Å². The number of rotatable bonds is 4. The minimum atomic E-state index is -0.524.